The monoisotopic (exact) mass is 326 g/mol. The van der Waals surface area contributed by atoms with Crippen molar-refractivity contribution in [2.45, 2.75) is 45.2 Å². The van der Waals surface area contributed by atoms with Crippen molar-refractivity contribution in [3.8, 4) is 11.7 Å². The van der Waals surface area contributed by atoms with Crippen LogP contribution in [-0.4, -0.2) is 16.4 Å². The molecule has 126 valence electrons. The molecule has 0 bridgehead atoms. The van der Waals surface area contributed by atoms with Crippen LogP contribution in [0.3, 0.4) is 0 Å². The molecule has 0 saturated carbocycles. The van der Waals surface area contributed by atoms with Crippen molar-refractivity contribution in [2.24, 2.45) is 0 Å². The lowest BCUT2D eigenvalue weighted by Gasteiger charge is -2.27. The Bertz CT molecular complexity index is 759. The molecule has 1 aliphatic rings. The molecule has 0 aliphatic carbocycles. The molecule has 0 spiro atoms. The number of hydrogen-bond acceptors (Lipinski definition) is 5. The lowest BCUT2D eigenvalue weighted by molar-refractivity contribution is 0.167. The van der Waals surface area contributed by atoms with Crippen LogP contribution in [0.4, 0.5) is 0 Å². The maximum Gasteiger partial charge on any atom is 0.263 e. The molecular formula is C19H22N2O3. The summed E-state index contributed by atoms with van der Waals surface area (Å²) in [5.41, 5.74) is 0.972. The average Bonchev–Trinajstić information content (AvgIpc) is 3.30. The predicted octanol–water partition coefficient (Wildman–Crippen LogP) is 4.95. The molecule has 0 radical (unpaired) electrons. The Labute approximate surface area is 141 Å². The summed E-state index contributed by atoms with van der Waals surface area (Å²) in [7, 11) is 0. The fourth-order valence-corrected chi connectivity index (χ4v) is 3.43. The zero-order chi connectivity index (χ0) is 16.4. The van der Waals surface area contributed by atoms with E-state index in [2.05, 4.69) is 16.0 Å². The van der Waals surface area contributed by atoms with Crippen molar-refractivity contribution in [1.82, 2.24) is 9.88 Å². The molecular weight excluding hydrogens is 304 g/mol. The van der Waals surface area contributed by atoms with E-state index in [1.54, 1.807) is 12.5 Å². The predicted molar refractivity (Wildman–Crippen MR) is 89.3 cm³/mol. The largest absolute Gasteiger partial charge is 0.468 e. The van der Waals surface area contributed by atoms with E-state index in [1.165, 1.54) is 19.3 Å². The summed E-state index contributed by atoms with van der Waals surface area (Å²) in [6.45, 7) is 3.78. The second-order valence-electron chi connectivity index (χ2n) is 6.35. The van der Waals surface area contributed by atoms with Crippen molar-refractivity contribution >= 4 is 0 Å². The number of nitrogens with zero attached hydrogens (tertiary/aromatic N) is 2. The fraction of sp³-hybridized carbons (Fsp3) is 0.421. The topological polar surface area (TPSA) is 55.6 Å². The minimum absolute atomic E-state index is 0.311. The van der Waals surface area contributed by atoms with Gasteiger partial charge >= 0.3 is 0 Å². The molecule has 5 nitrogen and oxygen atoms in total. The first-order valence-corrected chi connectivity index (χ1v) is 8.59. The fourth-order valence-electron chi connectivity index (χ4n) is 3.43. The van der Waals surface area contributed by atoms with Crippen LogP contribution in [0.1, 0.15) is 48.9 Å². The molecule has 0 amide bonds. The maximum atomic E-state index is 5.80. The number of hydrogen-bond donors (Lipinski definition) is 0. The molecule has 0 aromatic carbocycles. The van der Waals surface area contributed by atoms with E-state index in [0.717, 1.165) is 36.7 Å². The van der Waals surface area contributed by atoms with Crippen LogP contribution < -0.4 is 0 Å². The average molecular weight is 326 g/mol. The molecule has 4 heterocycles. The quantitative estimate of drug-likeness (QED) is 0.678. The Kier molecular flexibility index (Phi) is 4.26. The van der Waals surface area contributed by atoms with Crippen molar-refractivity contribution in [3.05, 3.63) is 54.0 Å². The van der Waals surface area contributed by atoms with Gasteiger partial charge in [-0.3, -0.25) is 4.90 Å². The highest BCUT2D eigenvalue weighted by Gasteiger charge is 2.26. The van der Waals surface area contributed by atoms with Crippen LogP contribution in [0.15, 0.2) is 50.0 Å². The number of aryl methyl sites for hydroxylation is 1. The molecule has 3 aromatic heterocycles. The zero-order valence-corrected chi connectivity index (χ0v) is 13.9. The van der Waals surface area contributed by atoms with Gasteiger partial charge in [-0.25, -0.2) is 4.98 Å². The van der Waals surface area contributed by atoms with E-state index < -0.39 is 0 Å². The summed E-state index contributed by atoms with van der Waals surface area (Å²) in [6.07, 6.45) is 8.22. The SMILES string of the molecule is Cc1oc(-c2ccco2)nc1CN1CCCCCC1c1ccco1. The minimum Gasteiger partial charge on any atom is -0.468 e. The number of furan rings is 2. The normalized spacial score (nSPS) is 19.5. The molecule has 1 saturated heterocycles. The van der Waals surface area contributed by atoms with Gasteiger partial charge in [0.05, 0.1) is 24.3 Å². The van der Waals surface area contributed by atoms with Gasteiger partial charge in [0.25, 0.3) is 5.89 Å². The van der Waals surface area contributed by atoms with E-state index >= 15 is 0 Å². The Morgan fingerprint density at radius 2 is 2.00 bits per heavy atom. The molecule has 1 fully saturated rings. The lowest BCUT2D eigenvalue weighted by Crippen LogP contribution is -2.28. The third kappa shape index (κ3) is 3.04. The number of oxazole rings is 1. The Morgan fingerprint density at radius 1 is 1.12 bits per heavy atom. The number of likely N-dealkylation sites (tertiary alicyclic amines) is 1. The second kappa shape index (κ2) is 6.69. The highest BCUT2D eigenvalue weighted by molar-refractivity contribution is 5.44. The summed E-state index contributed by atoms with van der Waals surface area (Å²) in [4.78, 5) is 7.12. The van der Waals surface area contributed by atoms with Gasteiger partial charge in [-0.1, -0.05) is 12.8 Å². The molecule has 1 unspecified atom stereocenters. The van der Waals surface area contributed by atoms with E-state index in [-0.39, 0.29) is 0 Å². The van der Waals surface area contributed by atoms with Gasteiger partial charge in [-0.05, 0) is 50.6 Å². The summed E-state index contributed by atoms with van der Waals surface area (Å²) < 4.78 is 16.9. The van der Waals surface area contributed by atoms with Gasteiger partial charge in [-0.2, -0.15) is 0 Å². The first-order chi connectivity index (χ1) is 11.8. The maximum absolute atomic E-state index is 5.80. The van der Waals surface area contributed by atoms with E-state index in [4.69, 9.17) is 13.3 Å². The molecule has 24 heavy (non-hydrogen) atoms. The van der Waals surface area contributed by atoms with Gasteiger partial charge < -0.3 is 13.3 Å². The van der Waals surface area contributed by atoms with E-state index in [0.29, 0.717) is 17.7 Å². The third-order valence-electron chi connectivity index (χ3n) is 4.71. The van der Waals surface area contributed by atoms with Crippen molar-refractivity contribution in [3.63, 3.8) is 0 Å². The number of rotatable bonds is 4. The minimum atomic E-state index is 0.311. The van der Waals surface area contributed by atoms with Gasteiger partial charge in [-0.15, -0.1) is 0 Å². The molecule has 5 heteroatoms. The van der Waals surface area contributed by atoms with Gasteiger partial charge in [0.1, 0.15) is 11.5 Å². The van der Waals surface area contributed by atoms with Crippen LogP contribution in [-0.2, 0) is 6.54 Å². The smallest absolute Gasteiger partial charge is 0.263 e. The number of aromatic nitrogens is 1. The Hall–Kier alpha value is -2.27. The zero-order valence-electron chi connectivity index (χ0n) is 13.9. The van der Waals surface area contributed by atoms with E-state index in [9.17, 15) is 0 Å². The molecule has 1 atom stereocenters. The third-order valence-corrected chi connectivity index (χ3v) is 4.71. The van der Waals surface area contributed by atoms with Crippen LogP contribution in [0.5, 0.6) is 0 Å². The van der Waals surface area contributed by atoms with Crippen molar-refractivity contribution < 1.29 is 13.3 Å². The first kappa shape index (κ1) is 15.3. The standard InChI is InChI=1S/C19H22N2O3/c1-14-15(20-19(24-14)18-9-6-12-23-18)13-21-10-4-2-3-7-16(21)17-8-5-11-22-17/h5-6,8-9,11-12,16H,2-4,7,10,13H2,1H3. The summed E-state index contributed by atoms with van der Waals surface area (Å²) in [6, 6.07) is 8.07. The van der Waals surface area contributed by atoms with Crippen LogP contribution in [0.2, 0.25) is 0 Å². The van der Waals surface area contributed by atoms with Crippen molar-refractivity contribution in [2.75, 3.05) is 6.54 Å². The summed E-state index contributed by atoms with van der Waals surface area (Å²) in [5, 5.41) is 0. The highest BCUT2D eigenvalue weighted by atomic mass is 16.4. The van der Waals surface area contributed by atoms with Gasteiger partial charge in [0, 0.05) is 6.54 Å². The molecule has 0 N–H and O–H groups in total. The Morgan fingerprint density at radius 3 is 2.79 bits per heavy atom. The molecule has 4 rings (SSSR count). The van der Waals surface area contributed by atoms with Crippen LogP contribution >= 0.6 is 0 Å². The van der Waals surface area contributed by atoms with Gasteiger partial charge in [0.15, 0.2) is 5.76 Å². The first-order valence-electron chi connectivity index (χ1n) is 8.59. The van der Waals surface area contributed by atoms with Crippen molar-refractivity contribution in [1.29, 1.82) is 0 Å². The van der Waals surface area contributed by atoms with Crippen LogP contribution in [0, 0.1) is 6.92 Å². The highest BCUT2D eigenvalue weighted by Crippen LogP contribution is 2.32. The van der Waals surface area contributed by atoms with E-state index in [1.807, 2.05) is 25.1 Å². The second-order valence-corrected chi connectivity index (χ2v) is 6.35. The lowest BCUT2D eigenvalue weighted by atomic mass is 10.1. The summed E-state index contributed by atoms with van der Waals surface area (Å²) in [5.74, 6) is 3.12. The summed E-state index contributed by atoms with van der Waals surface area (Å²) >= 11 is 0. The van der Waals surface area contributed by atoms with Gasteiger partial charge in [0.2, 0.25) is 0 Å². The van der Waals surface area contributed by atoms with Crippen LogP contribution in [0.25, 0.3) is 11.7 Å². The Balaban J connectivity index is 1.58. The molecule has 1 aliphatic heterocycles. The molecule has 3 aromatic rings.